The Bertz CT molecular complexity index is 499. The lowest BCUT2D eigenvalue weighted by atomic mass is 10.1. The van der Waals surface area contributed by atoms with Gasteiger partial charge in [-0.3, -0.25) is 0 Å². The zero-order valence-corrected chi connectivity index (χ0v) is 12.1. The van der Waals surface area contributed by atoms with Gasteiger partial charge in [0, 0.05) is 27.1 Å². The van der Waals surface area contributed by atoms with Crippen molar-refractivity contribution in [3.63, 3.8) is 0 Å². The minimum Gasteiger partial charge on any atom is -0.323 e. The third kappa shape index (κ3) is 2.94. The van der Waals surface area contributed by atoms with E-state index in [9.17, 15) is 0 Å². The van der Waals surface area contributed by atoms with E-state index in [-0.39, 0.29) is 6.04 Å². The summed E-state index contributed by atoms with van der Waals surface area (Å²) in [7, 11) is 0. The van der Waals surface area contributed by atoms with Crippen LogP contribution in [0.25, 0.3) is 0 Å². The van der Waals surface area contributed by atoms with Crippen LogP contribution in [0.15, 0.2) is 12.1 Å². The fourth-order valence-corrected chi connectivity index (χ4v) is 3.87. The van der Waals surface area contributed by atoms with Crippen molar-refractivity contribution in [1.82, 2.24) is 4.98 Å². The Kier molecular flexibility index (Phi) is 3.97. The molecule has 0 fully saturated rings. The first-order chi connectivity index (χ1) is 8.10. The van der Waals surface area contributed by atoms with Crippen molar-refractivity contribution in [3.8, 4) is 0 Å². The first-order valence-electron chi connectivity index (χ1n) is 5.87. The topological polar surface area (TPSA) is 38.9 Å². The van der Waals surface area contributed by atoms with Gasteiger partial charge in [0.15, 0.2) is 0 Å². The van der Waals surface area contributed by atoms with E-state index in [1.54, 1.807) is 11.3 Å². The quantitative estimate of drug-likeness (QED) is 0.918. The molecule has 2 nitrogen and oxygen atoms in total. The lowest BCUT2D eigenvalue weighted by Crippen LogP contribution is -2.12. The van der Waals surface area contributed by atoms with Crippen LogP contribution < -0.4 is 5.73 Å². The zero-order valence-electron chi connectivity index (χ0n) is 10.5. The minimum atomic E-state index is 0.0876. The Morgan fingerprint density at radius 3 is 2.47 bits per heavy atom. The highest BCUT2D eigenvalue weighted by molar-refractivity contribution is 7.12. The van der Waals surface area contributed by atoms with Crippen LogP contribution in [0.2, 0.25) is 0 Å². The number of aryl methyl sites for hydroxylation is 3. The number of aromatic nitrogens is 1. The molecule has 0 aliphatic carbocycles. The summed E-state index contributed by atoms with van der Waals surface area (Å²) in [4.78, 5) is 8.48. The molecule has 0 aliphatic heterocycles. The Hall–Kier alpha value is -0.710. The predicted octanol–water partition coefficient (Wildman–Crippen LogP) is 3.63. The van der Waals surface area contributed by atoms with Crippen molar-refractivity contribution in [2.45, 2.75) is 39.7 Å². The van der Waals surface area contributed by atoms with E-state index in [0.717, 1.165) is 23.5 Å². The summed E-state index contributed by atoms with van der Waals surface area (Å²) >= 11 is 3.60. The van der Waals surface area contributed by atoms with Gasteiger partial charge in [-0.2, -0.15) is 0 Å². The van der Waals surface area contributed by atoms with Gasteiger partial charge in [0.1, 0.15) is 0 Å². The second kappa shape index (κ2) is 5.29. The monoisotopic (exact) mass is 266 g/mol. The summed E-state index contributed by atoms with van der Waals surface area (Å²) in [6.45, 7) is 6.27. The van der Waals surface area contributed by atoms with Gasteiger partial charge in [0.2, 0.25) is 0 Å². The molecule has 0 spiro atoms. The summed E-state index contributed by atoms with van der Waals surface area (Å²) in [5.41, 5.74) is 7.36. The van der Waals surface area contributed by atoms with Crippen LogP contribution in [0, 0.1) is 13.8 Å². The van der Waals surface area contributed by atoms with Crippen LogP contribution >= 0.6 is 22.7 Å². The number of nitrogens with two attached hydrogens (primary N) is 1. The van der Waals surface area contributed by atoms with E-state index in [1.807, 2.05) is 25.2 Å². The van der Waals surface area contributed by atoms with Gasteiger partial charge in [-0.15, -0.1) is 22.7 Å². The molecule has 0 radical (unpaired) electrons. The highest BCUT2D eigenvalue weighted by Gasteiger charge is 2.14. The van der Waals surface area contributed by atoms with E-state index >= 15 is 0 Å². The maximum Gasteiger partial charge on any atom is 0.0900 e. The molecule has 1 unspecified atom stereocenters. The normalized spacial score (nSPS) is 12.9. The molecule has 2 aromatic heterocycles. The lowest BCUT2D eigenvalue weighted by molar-refractivity contribution is 0.737. The van der Waals surface area contributed by atoms with Crippen LogP contribution in [-0.4, -0.2) is 4.98 Å². The number of hydrogen-bond donors (Lipinski definition) is 1. The van der Waals surface area contributed by atoms with E-state index in [0.29, 0.717) is 0 Å². The van der Waals surface area contributed by atoms with Crippen LogP contribution in [0.1, 0.15) is 38.3 Å². The summed E-state index contributed by atoms with van der Waals surface area (Å²) in [6.07, 6.45) is 2.03. The van der Waals surface area contributed by atoms with Gasteiger partial charge in [-0.05, 0) is 32.4 Å². The van der Waals surface area contributed by atoms with Crippen molar-refractivity contribution in [2.75, 3.05) is 0 Å². The summed E-state index contributed by atoms with van der Waals surface area (Å²) in [6, 6.07) is 4.49. The average molecular weight is 266 g/mol. The molecule has 2 heterocycles. The minimum absolute atomic E-state index is 0.0876. The van der Waals surface area contributed by atoms with Crippen LogP contribution in [0.3, 0.4) is 0 Å². The Labute approximate surface area is 111 Å². The first-order valence-corrected chi connectivity index (χ1v) is 7.50. The molecule has 0 aliphatic rings. The van der Waals surface area contributed by atoms with Crippen molar-refractivity contribution in [2.24, 2.45) is 5.73 Å². The standard InChI is InChI=1S/C13H18N2S2/c1-4-10-5-6-11(17-10)7-12(14)13-8(2)15-9(3)16-13/h5-6,12H,4,7,14H2,1-3H3. The number of rotatable bonds is 4. The van der Waals surface area contributed by atoms with Gasteiger partial charge in [0.25, 0.3) is 0 Å². The molecule has 2 aromatic rings. The van der Waals surface area contributed by atoms with Crippen LogP contribution in [0.4, 0.5) is 0 Å². The fraction of sp³-hybridized carbons (Fsp3) is 0.462. The highest BCUT2D eigenvalue weighted by atomic mass is 32.1. The van der Waals surface area contributed by atoms with E-state index in [2.05, 4.69) is 24.0 Å². The molecule has 0 saturated carbocycles. The molecule has 1 atom stereocenters. The Balaban J connectivity index is 2.11. The number of thiophene rings is 1. The van der Waals surface area contributed by atoms with E-state index in [4.69, 9.17) is 5.73 Å². The maximum atomic E-state index is 6.27. The third-order valence-electron chi connectivity index (χ3n) is 2.76. The number of nitrogens with zero attached hydrogens (tertiary/aromatic N) is 1. The molecule has 2 rings (SSSR count). The van der Waals surface area contributed by atoms with E-state index < -0.39 is 0 Å². The van der Waals surface area contributed by atoms with Gasteiger partial charge < -0.3 is 5.73 Å². The Morgan fingerprint density at radius 2 is 1.94 bits per heavy atom. The van der Waals surface area contributed by atoms with E-state index in [1.165, 1.54) is 14.6 Å². The molecule has 0 aromatic carbocycles. The molecule has 92 valence electrons. The van der Waals surface area contributed by atoms with Crippen molar-refractivity contribution >= 4 is 22.7 Å². The fourth-order valence-electron chi connectivity index (χ4n) is 1.92. The third-order valence-corrected chi connectivity index (χ3v) is 5.22. The highest BCUT2D eigenvalue weighted by Crippen LogP contribution is 2.28. The molecule has 2 N–H and O–H groups in total. The summed E-state index contributed by atoms with van der Waals surface area (Å²) in [5.74, 6) is 0. The molecule has 0 bridgehead atoms. The molecular weight excluding hydrogens is 248 g/mol. The molecule has 0 amide bonds. The maximum absolute atomic E-state index is 6.27. The molecule has 0 saturated heterocycles. The summed E-state index contributed by atoms with van der Waals surface area (Å²) < 4.78 is 0. The van der Waals surface area contributed by atoms with Gasteiger partial charge in [-0.25, -0.2) is 4.98 Å². The first kappa shape index (κ1) is 12.7. The lowest BCUT2D eigenvalue weighted by Gasteiger charge is -2.08. The second-order valence-corrected chi connectivity index (χ2v) is 6.70. The van der Waals surface area contributed by atoms with Gasteiger partial charge in [0.05, 0.1) is 10.7 Å². The Morgan fingerprint density at radius 1 is 1.24 bits per heavy atom. The van der Waals surface area contributed by atoms with Crippen molar-refractivity contribution < 1.29 is 0 Å². The largest absolute Gasteiger partial charge is 0.323 e. The van der Waals surface area contributed by atoms with Crippen LogP contribution in [-0.2, 0) is 12.8 Å². The molecule has 4 heteroatoms. The molecule has 17 heavy (non-hydrogen) atoms. The SMILES string of the molecule is CCc1ccc(CC(N)c2sc(C)nc2C)s1. The number of thiazole rings is 1. The van der Waals surface area contributed by atoms with Crippen molar-refractivity contribution in [3.05, 3.63) is 37.5 Å². The van der Waals surface area contributed by atoms with Crippen molar-refractivity contribution in [1.29, 1.82) is 0 Å². The second-order valence-electron chi connectivity index (χ2n) is 4.21. The smallest absolute Gasteiger partial charge is 0.0900 e. The van der Waals surface area contributed by atoms with Crippen LogP contribution in [0.5, 0.6) is 0 Å². The summed E-state index contributed by atoms with van der Waals surface area (Å²) in [5, 5.41) is 1.10. The predicted molar refractivity (Wildman–Crippen MR) is 75.9 cm³/mol. The van der Waals surface area contributed by atoms with Gasteiger partial charge in [-0.1, -0.05) is 6.92 Å². The average Bonchev–Trinajstić information content (AvgIpc) is 2.85. The zero-order chi connectivity index (χ0) is 12.4. The number of hydrogen-bond acceptors (Lipinski definition) is 4. The van der Waals surface area contributed by atoms with Gasteiger partial charge >= 0.3 is 0 Å². The molecular formula is C13H18N2S2.